The van der Waals surface area contributed by atoms with E-state index in [1.165, 1.54) is 31.3 Å². The quantitative estimate of drug-likeness (QED) is 0.652. The van der Waals surface area contributed by atoms with Gasteiger partial charge in [-0.05, 0) is 17.2 Å². The number of rotatable bonds is 4. The lowest BCUT2D eigenvalue weighted by Crippen LogP contribution is -2.52. The van der Waals surface area contributed by atoms with Crippen LogP contribution in [-0.4, -0.2) is 36.6 Å². The van der Waals surface area contributed by atoms with Crippen LogP contribution in [0.15, 0.2) is 41.5 Å². The van der Waals surface area contributed by atoms with Gasteiger partial charge >= 0.3 is 0 Å². The Morgan fingerprint density at radius 3 is 2.37 bits per heavy atom. The second kappa shape index (κ2) is 6.64. The second-order valence-corrected chi connectivity index (χ2v) is 6.15. The van der Waals surface area contributed by atoms with Crippen LogP contribution in [0, 0.1) is 17.5 Å². The zero-order valence-corrected chi connectivity index (χ0v) is 14.0. The van der Waals surface area contributed by atoms with Crippen LogP contribution in [0.1, 0.15) is 5.56 Å². The van der Waals surface area contributed by atoms with Crippen LogP contribution in [0.3, 0.4) is 0 Å². The molecule has 1 heterocycles. The lowest BCUT2D eigenvalue weighted by molar-refractivity contribution is -0.121. The Hall–Kier alpha value is -2.97. The Kier molecular flexibility index (Phi) is 4.63. The fourth-order valence-corrected chi connectivity index (χ4v) is 3.35. The first-order chi connectivity index (χ1) is 12.7. The highest BCUT2D eigenvalue weighted by Gasteiger charge is 2.55. The maximum atomic E-state index is 14.9. The Bertz CT molecular complexity index is 932. The molecule has 0 saturated heterocycles. The van der Waals surface area contributed by atoms with Crippen LogP contribution in [0.25, 0.3) is 11.1 Å². The van der Waals surface area contributed by atoms with Crippen LogP contribution in [-0.2, 0) is 10.2 Å². The lowest BCUT2D eigenvalue weighted by Gasteiger charge is -2.30. The average molecular weight is 383 g/mol. The molecule has 4 nitrogen and oxygen atoms in total. The van der Waals surface area contributed by atoms with Gasteiger partial charge in [-0.15, -0.1) is 0 Å². The number of amides is 1. The van der Waals surface area contributed by atoms with Crippen LogP contribution in [0.5, 0.6) is 0 Å². The topological polar surface area (TPSA) is 58.7 Å². The molecule has 0 fully saturated rings. The van der Waals surface area contributed by atoms with E-state index in [1.807, 2.05) is 0 Å². The van der Waals surface area contributed by atoms with E-state index in [-0.39, 0.29) is 11.1 Å². The van der Waals surface area contributed by atoms with E-state index in [2.05, 4.69) is 5.10 Å². The van der Waals surface area contributed by atoms with Crippen LogP contribution < -0.4 is 5.73 Å². The van der Waals surface area contributed by atoms with E-state index in [4.69, 9.17) is 5.73 Å². The molecule has 9 heteroatoms. The predicted octanol–water partition coefficient (Wildman–Crippen LogP) is 3.06. The summed E-state index contributed by atoms with van der Waals surface area (Å²) in [4.78, 5) is 12.3. The van der Waals surface area contributed by atoms with Gasteiger partial charge in [0.2, 0.25) is 5.91 Å². The number of halogens is 5. The first-order valence-electron chi connectivity index (χ1n) is 7.81. The van der Waals surface area contributed by atoms with Gasteiger partial charge in [0.05, 0.1) is 6.54 Å². The van der Waals surface area contributed by atoms with E-state index < -0.39 is 53.0 Å². The molecule has 142 valence electrons. The van der Waals surface area contributed by atoms with Crippen molar-refractivity contribution in [2.75, 3.05) is 13.6 Å². The van der Waals surface area contributed by atoms with Gasteiger partial charge in [-0.25, -0.2) is 22.0 Å². The second-order valence-electron chi connectivity index (χ2n) is 6.15. The molecule has 0 saturated carbocycles. The normalized spacial score (nSPS) is 19.5. The minimum absolute atomic E-state index is 0.203. The summed E-state index contributed by atoms with van der Waals surface area (Å²) in [5, 5.41) is 4.57. The van der Waals surface area contributed by atoms with E-state index in [9.17, 15) is 26.7 Å². The Morgan fingerprint density at radius 1 is 1.19 bits per heavy atom. The summed E-state index contributed by atoms with van der Waals surface area (Å²) in [6.07, 6.45) is -3.27. The number of hydrogen-bond donors (Lipinski definition) is 1. The zero-order chi connectivity index (χ0) is 19.9. The third-order valence-electron chi connectivity index (χ3n) is 4.48. The van der Waals surface area contributed by atoms with Crippen LogP contribution in [0.2, 0.25) is 0 Å². The Balaban J connectivity index is 2.43. The van der Waals surface area contributed by atoms with E-state index in [0.29, 0.717) is 6.07 Å². The summed E-state index contributed by atoms with van der Waals surface area (Å²) in [5.74, 6) is -6.49. The molecule has 0 spiro atoms. The fourth-order valence-electron chi connectivity index (χ4n) is 3.35. The smallest absolute Gasteiger partial charge is 0.279 e. The maximum absolute atomic E-state index is 14.9. The van der Waals surface area contributed by atoms with Crippen molar-refractivity contribution >= 4 is 11.6 Å². The molecule has 1 aliphatic rings. The summed E-state index contributed by atoms with van der Waals surface area (Å²) in [7, 11) is 1.28. The molecule has 2 N–H and O–H groups in total. The summed E-state index contributed by atoms with van der Waals surface area (Å²) in [6.45, 7) is -0.538. The fraction of sp³-hybridized carbons (Fsp3) is 0.222. The minimum Gasteiger partial charge on any atom is -0.368 e. The molecule has 3 rings (SSSR count). The van der Waals surface area contributed by atoms with Crippen molar-refractivity contribution in [1.82, 2.24) is 5.01 Å². The van der Waals surface area contributed by atoms with Gasteiger partial charge in [-0.3, -0.25) is 9.80 Å². The molecule has 1 atom stereocenters. The molecule has 0 aromatic heterocycles. The number of likely N-dealkylation sites (N-methyl/N-ethyl adjacent to an activating group) is 1. The highest BCUT2D eigenvalue weighted by atomic mass is 19.3. The molecule has 1 unspecified atom stereocenters. The maximum Gasteiger partial charge on any atom is 0.279 e. The summed E-state index contributed by atoms with van der Waals surface area (Å²) < 4.78 is 70.2. The number of benzene rings is 2. The molecular weight excluding hydrogens is 369 g/mol. The summed E-state index contributed by atoms with van der Waals surface area (Å²) in [5.41, 5.74) is 1.12. The van der Waals surface area contributed by atoms with Crippen molar-refractivity contribution in [2.24, 2.45) is 10.8 Å². The molecule has 1 amide bonds. The minimum atomic E-state index is -3.27. The number of hydrogen-bond acceptors (Lipinski definition) is 3. The number of carbonyl (C=O) groups is 1. The molecular formula is C18H14F5N3O. The highest BCUT2D eigenvalue weighted by molar-refractivity contribution is 6.17. The summed E-state index contributed by atoms with van der Waals surface area (Å²) in [6, 6.07) is 8.26. The van der Waals surface area contributed by atoms with Crippen LogP contribution >= 0.6 is 0 Å². The molecule has 2 aromatic rings. The lowest BCUT2D eigenvalue weighted by atomic mass is 9.72. The number of alkyl halides is 2. The molecule has 27 heavy (non-hydrogen) atoms. The SMILES string of the molecule is CN1CC(C(N)=O)(c2c(-c3ccccc3)cc(F)c(F)c2F)C(C(F)F)=N1. The van der Waals surface area contributed by atoms with Gasteiger partial charge in [0.15, 0.2) is 17.5 Å². The van der Waals surface area contributed by atoms with Crippen molar-refractivity contribution in [3.8, 4) is 11.1 Å². The summed E-state index contributed by atoms with van der Waals surface area (Å²) >= 11 is 0. The first-order valence-corrected chi connectivity index (χ1v) is 7.81. The van der Waals surface area contributed by atoms with Crippen molar-refractivity contribution in [1.29, 1.82) is 0 Å². The molecule has 0 radical (unpaired) electrons. The van der Waals surface area contributed by atoms with Crippen molar-refractivity contribution in [3.05, 3.63) is 59.4 Å². The van der Waals surface area contributed by atoms with Gasteiger partial charge in [0.1, 0.15) is 11.1 Å². The molecule has 0 aliphatic carbocycles. The van der Waals surface area contributed by atoms with Gasteiger partial charge in [0, 0.05) is 12.6 Å². The predicted molar refractivity (Wildman–Crippen MR) is 88.7 cm³/mol. The van der Waals surface area contributed by atoms with Gasteiger partial charge in [0.25, 0.3) is 6.43 Å². The molecule has 0 bridgehead atoms. The monoisotopic (exact) mass is 383 g/mol. The van der Waals surface area contributed by atoms with Crippen LogP contribution in [0.4, 0.5) is 22.0 Å². The van der Waals surface area contributed by atoms with Gasteiger partial charge < -0.3 is 5.73 Å². The zero-order valence-electron chi connectivity index (χ0n) is 14.0. The average Bonchev–Trinajstić information content (AvgIpc) is 2.98. The number of primary amides is 1. The van der Waals surface area contributed by atoms with E-state index in [1.54, 1.807) is 6.07 Å². The standard InChI is InChI=1S/C18H14F5N3O/c1-26-8-18(17(24)27,15(25-26)16(22)23)12-10(9-5-3-2-4-6-9)7-11(19)13(20)14(12)21/h2-7,16H,8H2,1H3,(H2,24,27). The number of carbonyl (C=O) groups excluding carboxylic acids is 1. The molecule has 2 aromatic carbocycles. The van der Waals surface area contributed by atoms with Gasteiger partial charge in [-0.1, -0.05) is 30.3 Å². The van der Waals surface area contributed by atoms with E-state index in [0.717, 1.165) is 5.01 Å². The number of nitrogens with two attached hydrogens (primary N) is 1. The Labute approximate surface area is 151 Å². The highest BCUT2D eigenvalue weighted by Crippen LogP contribution is 2.42. The number of nitrogens with zero attached hydrogens (tertiary/aromatic N) is 2. The number of hydrazone groups is 1. The Morgan fingerprint density at radius 2 is 1.81 bits per heavy atom. The van der Waals surface area contributed by atoms with E-state index >= 15 is 0 Å². The molecule has 1 aliphatic heterocycles. The third-order valence-corrected chi connectivity index (χ3v) is 4.48. The van der Waals surface area contributed by atoms with Gasteiger partial charge in [-0.2, -0.15) is 5.10 Å². The van der Waals surface area contributed by atoms with Crippen molar-refractivity contribution in [3.63, 3.8) is 0 Å². The third kappa shape index (κ3) is 2.83. The van der Waals surface area contributed by atoms with Crippen molar-refractivity contribution < 1.29 is 26.7 Å². The largest absolute Gasteiger partial charge is 0.368 e. The first kappa shape index (κ1) is 18.8. The van der Waals surface area contributed by atoms with Crippen molar-refractivity contribution in [2.45, 2.75) is 11.8 Å².